The molecule has 0 aromatic heterocycles. The van der Waals surface area contributed by atoms with Gasteiger partial charge in [-0.05, 0) is 56.8 Å². The van der Waals surface area contributed by atoms with E-state index in [1.165, 1.54) is 0 Å². The maximum atomic E-state index is 11.5. The predicted octanol–water partition coefficient (Wildman–Crippen LogP) is -1.01. The summed E-state index contributed by atoms with van der Waals surface area (Å²) in [5.41, 5.74) is 1.87. The van der Waals surface area contributed by atoms with Crippen LogP contribution in [0, 0.1) is 5.92 Å². The van der Waals surface area contributed by atoms with Crippen LogP contribution in [-0.2, 0) is 21.4 Å². The fourth-order valence-corrected chi connectivity index (χ4v) is 7.07. The Labute approximate surface area is 190 Å². The third-order valence-corrected chi connectivity index (χ3v) is 8.60. The van der Waals surface area contributed by atoms with E-state index < -0.39 is 48.9 Å². The number of hydrogen-bond donors (Lipinski definition) is 5. The van der Waals surface area contributed by atoms with E-state index in [2.05, 4.69) is 11.9 Å². The highest BCUT2D eigenvalue weighted by Crippen LogP contribution is 2.63. The van der Waals surface area contributed by atoms with Gasteiger partial charge in [0.2, 0.25) is 6.29 Å². The van der Waals surface area contributed by atoms with Gasteiger partial charge in [0.1, 0.15) is 24.4 Å². The van der Waals surface area contributed by atoms with Crippen LogP contribution in [0.3, 0.4) is 0 Å². The van der Waals surface area contributed by atoms with Crippen molar-refractivity contribution in [3.63, 3.8) is 0 Å². The highest BCUT2D eigenvalue weighted by atomic mass is 16.7. The molecule has 1 saturated carbocycles. The molecule has 2 bridgehead atoms. The zero-order chi connectivity index (χ0) is 23.2. The fourth-order valence-electron chi connectivity index (χ4n) is 7.07. The van der Waals surface area contributed by atoms with Gasteiger partial charge in [-0.25, -0.2) is 4.79 Å². The molecule has 1 aromatic carbocycles. The SMILES string of the molecule is CN1CC[C@]23c4c5ccc(O[C@@H]6O[C@H](C(=O)O)[C@@H](O)[C@H](O)[C@H]6O)c4O[C@H]2[C@@H](O)CCC3[C@H]1C5. The second-order valence-corrected chi connectivity index (χ2v) is 10.1. The minimum absolute atomic E-state index is 0.262. The lowest BCUT2D eigenvalue weighted by Gasteiger charge is -2.58. The monoisotopic (exact) mass is 463 g/mol. The standard InChI is InChI=1S/C23H29NO9/c1-24-7-6-23-10-3-4-12(25)20(23)32-18-13(5-2-9(14(18)23)8-11(10)24)31-22-17(28)15(26)16(27)19(33-22)21(29)30/h2,5,10-12,15-17,19-20,22,25-28H,3-4,6-8H2,1H3,(H,29,30)/t10?,11-,12+,15+,16+,17-,19+,20+,22-,23+/m1/s1. The number of aliphatic hydroxyl groups is 4. The number of nitrogens with zero attached hydrogens (tertiary/aromatic N) is 1. The molecular formula is C23H29NO9. The molecule has 3 aliphatic heterocycles. The molecule has 10 nitrogen and oxygen atoms in total. The van der Waals surface area contributed by atoms with Gasteiger partial charge in [-0.1, -0.05) is 6.07 Å². The number of likely N-dealkylation sites (tertiary alicyclic amines) is 1. The Morgan fingerprint density at radius 2 is 1.94 bits per heavy atom. The lowest BCUT2D eigenvalue weighted by molar-refractivity contribution is -0.271. The molecule has 3 fully saturated rings. The molecule has 5 aliphatic rings. The third kappa shape index (κ3) is 2.79. The summed E-state index contributed by atoms with van der Waals surface area (Å²) in [6, 6.07) is 4.03. The third-order valence-electron chi connectivity index (χ3n) is 8.60. The lowest BCUT2D eigenvalue weighted by atomic mass is 9.51. The van der Waals surface area contributed by atoms with Crippen molar-refractivity contribution in [3.05, 3.63) is 23.3 Å². The van der Waals surface area contributed by atoms with E-state index in [0.29, 0.717) is 24.1 Å². The van der Waals surface area contributed by atoms with E-state index in [0.717, 1.165) is 36.9 Å². The Kier molecular flexibility index (Phi) is 4.75. The first-order valence-corrected chi connectivity index (χ1v) is 11.5. The quantitative estimate of drug-likeness (QED) is 0.377. The molecule has 180 valence electrons. The lowest BCUT2D eigenvalue weighted by Crippen LogP contribution is -2.66. The molecule has 3 heterocycles. The van der Waals surface area contributed by atoms with Gasteiger partial charge in [-0.2, -0.15) is 0 Å². The second kappa shape index (κ2) is 7.27. The minimum atomic E-state index is -1.79. The van der Waals surface area contributed by atoms with Crippen molar-refractivity contribution >= 4 is 5.97 Å². The molecule has 10 heteroatoms. The molecule has 0 radical (unpaired) electrons. The van der Waals surface area contributed by atoms with Crippen molar-refractivity contribution in [2.45, 2.75) is 80.1 Å². The van der Waals surface area contributed by atoms with E-state index in [1.807, 2.05) is 6.07 Å². The summed E-state index contributed by atoms with van der Waals surface area (Å²) in [4.78, 5) is 13.9. The first-order valence-electron chi connectivity index (χ1n) is 11.5. The van der Waals surface area contributed by atoms with Crippen molar-refractivity contribution in [2.75, 3.05) is 13.6 Å². The molecule has 1 unspecified atom stereocenters. The van der Waals surface area contributed by atoms with Crippen LogP contribution in [0.15, 0.2) is 12.1 Å². The number of piperidine rings is 1. The van der Waals surface area contributed by atoms with E-state index in [1.54, 1.807) is 6.07 Å². The van der Waals surface area contributed by atoms with Gasteiger partial charge in [0.15, 0.2) is 17.6 Å². The van der Waals surface area contributed by atoms with Gasteiger partial charge in [0, 0.05) is 17.0 Å². The van der Waals surface area contributed by atoms with Gasteiger partial charge in [0.25, 0.3) is 0 Å². The summed E-state index contributed by atoms with van der Waals surface area (Å²) in [6.07, 6.45) is -6.18. The number of ether oxygens (including phenoxy) is 3. The zero-order valence-electron chi connectivity index (χ0n) is 18.2. The number of rotatable bonds is 3. The van der Waals surface area contributed by atoms with Crippen molar-refractivity contribution in [1.82, 2.24) is 4.90 Å². The van der Waals surface area contributed by atoms with E-state index in [4.69, 9.17) is 14.2 Å². The first-order chi connectivity index (χ1) is 15.7. The molecule has 0 amide bonds. The largest absolute Gasteiger partial charge is 0.483 e. The summed E-state index contributed by atoms with van der Waals surface area (Å²) in [6.45, 7) is 0.895. The molecular weight excluding hydrogens is 434 g/mol. The highest BCUT2D eigenvalue weighted by Gasteiger charge is 2.65. The summed E-state index contributed by atoms with van der Waals surface area (Å²) in [7, 11) is 2.15. The molecule has 6 rings (SSSR count). The number of hydrogen-bond acceptors (Lipinski definition) is 9. The van der Waals surface area contributed by atoms with Crippen LogP contribution in [0.1, 0.15) is 30.4 Å². The van der Waals surface area contributed by atoms with Crippen LogP contribution in [0.5, 0.6) is 11.5 Å². The summed E-state index contributed by atoms with van der Waals surface area (Å²) >= 11 is 0. The predicted molar refractivity (Wildman–Crippen MR) is 111 cm³/mol. The Hall–Kier alpha value is -1.95. The highest BCUT2D eigenvalue weighted by molar-refractivity contribution is 5.73. The Bertz CT molecular complexity index is 987. The van der Waals surface area contributed by atoms with Crippen LogP contribution in [0.25, 0.3) is 0 Å². The average molecular weight is 463 g/mol. The molecule has 1 spiro atoms. The second-order valence-electron chi connectivity index (χ2n) is 10.1. The minimum Gasteiger partial charge on any atom is -0.483 e. The Balaban J connectivity index is 1.40. The normalized spacial score (nSPS) is 45.8. The van der Waals surface area contributed by atoms with Gasteiger partial charge >= 0.3 is 5.97 Å². The molecule has 2 saturated heterocycles. The average Bonchev–Trinajstić information content (AvgIpc) is 3.14. The number of likely N-dealkylation sites (N-methyl/N-ethyl adjacent to an activating group) is 1. The van der Waals surface area contributed by atoms with E-state index >= 15 is 0 Å². The topological polar surface area (TPSA) is 149 Å². The molecule has 2 aliphatic carbocycles. The maximum absolute atomic E-state index is 11.5. The van der Waals surface area contributed by atoms with E-state index in [-0.39, 0.29) is 11.2 Å². The van der Waals surface area contributed by atoms with Crippen molar-refractivity contribution in [2.24, 2.45) is 5.92 Å². The van der Waals surface area contributed by atoms with Gasteiger partial charge in [-0.3, -0.25) is 0 Å². The maximum Gasteiger partial charge on any atom is 0.335 e. The van der Waals surface area contributed by atoms with E-state index in [9.17, 15) is 30.3 Å². The number of carbonyl (C=O) groups is 1. The van der Waals surface area contributed by atoms with Crippen molar-refractivity contribution < 1.29 is 44.5 Å². The molecule has 33 heavy (non-hydrogen) atoms. The zero-order valence-corrected chi connectivity index (χ0v) is 18.2. The Morgan fingerprint density at radius 3 is 2.70 bits per heavy atom. The van der Waals surface area contributed by atoms with Crippen molar-refractivity contribution in [3.8, 4) is 11.5 Å². The molecule has 1 aromatic rings. The van der Waals surface area contributed by atoms with Crippen LogP contribution in [0.4, 0.5) is 0 Å². The number of aliphatic hydroxyl groups excluding tert-OH is 4. The number of benzene rings is 1. The van der Waals surface area contributed by atoms with Crippen LogP contribution >= 0.6 is 0 Å². The van der Waals surface area contributed by atoms with Gasteiger partial charge < -0.3 is 44.6 Å². The number of carboxylic acid groups (broad SMARTS) is 1. The van der Waals surface area contributed by atoms with Gasteiger partial charge in [-0.15, -0.1) is 0 Å². The van der Waals surface area contributed by atoms with Crippen LogP contribution in [0.2, 0.25) is 0 Å². The van der Waals surface area contributed by atoms with Crippen LogP contribution < -0.4 is 9.47 Å². The molecule has 10 atom stereocenters. The smallest absolute Gasteiger partial charge is 0.335 e. The van der Waals surface area contributed by atoms with Crippen LogP contribution in [-0.4, -0.2) is 98.9 Å². The Morgan fingerprint density at radius 1 is 1.15 bits per heavy atom. The first kappa shape index (κ1) is 21.6. The van der Waals surface area contributed by atoms with Gasteiger partial charge in [0.05, 0.1) is 6.10 Å². The summed E-state index contributed by atoms with van der Waals surface area (Å²) in [5.74, 6) is -0.368. The molecule has 5 N–H and O–H groups in total. The summed E-state index contributed by atoms with van der Waals surface area (Å²) in [5, 5.41) is 50.7. The number of carboxylic acids is 1. The summed E-state index contributed by atoms with van der Waals surface area (Å²) < 4.78 is 17.6. The fraction of sp³-hybridized carbons (Fsp3) is 0.696. The van der Waals surface area contributed by atoms with Crippen molar-refractivity contribution in [1.29, 1.82) is 0 Å². The number of aliphatic carboxylic acids is 1.